The number of anilines is 1. The van der Waals surface area contributed by atoms with Gasteiger partial charge in [0, 0.05) is 28.1 Å². The zero-order chi connectivity index (χ0) is 24.1. The zero-order valence-electron chi connectivity index (χ0n) is 18.7. The number of rotatable bonds is 7. The molecule has 34 heavy (non-hydrogen) atoms. The number of halogens is 1. The lowest BCUT2D eigenvalue weighted by molar-refractivity contribution is 0.0992. The average molecular weight is 475 g/mol. The van der Waals surface area contributed by atoms with E-state index in [0.29, 0.717) is 38.9 Å². The molecule has 6 nitrogen and oxygen atoms in total. The van der Waals surface area contributed by atoms with Gasteiger partial charge in [0.15, 0.2) is 11.5 Å². The number of Topliss-reactive ketones (excluding diaryl/α,β-unsaturated/α-hetero) is 1. The minimum absolute atomic E-state index is 0.0431. The number of aryl methyl sites for hydroxylation is 1. The SMILES string of the molecule is Cc1noc(-c2ccc(CC(=O)c3ccccc3)cc2)c1NC(=O)OC(C)c1ccccc1Cl. The van der Waals surface area contributed by atoms with Crippen LogP contribution in [0.2, 0.25) is 5.02 Å². The molecule has 7 heteroatoms. The molecule has 1 heterocycles. The maximum absolute atomic E-state index is 12.6. The predicted octanol–water partition coefficient (Wildman–Crippen LogP) is 7.04. The van der Waals surface area contributed by atoms with Crippen molar-refractivity contribution in [2.24, 2.45) is 0 Å². The van der Waals surface area contributed by atoms with Gasteiger partial charge < -0.3 is 9.26 Å². The molecular formula is C27H23ClN2O4. The highest BCUT2D eigenvalue weighted by atomic mass is 35.5. The lowest BCUT2D eigenvalue weighted by atomic mass is 10.0. The van der Waals surface area contributed by atoms with Crippen LogP contribution in [0.4, 0.5) is 10.5 Å². The van der Waals surface area contributed by atoms with Crippen LogP contribution in [0.1, 0.15) is 40.2 Å². The van der Waals surface area contributed by atoms with Crippen molar-refractivity contribution in [1.29, 1.82) is 0 Å². The van der Waals surface area contributed by atoms with E-state index in [9.17, 15) is 9.59 Å². The van der Waals surface area contributed by atoms with Crippen LogP contribution in [0.3, 0.4) is 0 Å². The van der Waals surface area contributed by atoms with Gasteiger partial charge in [-0.25, -0.2) is 4.79 Å². The molecule has 0 saturated heterocycles. The minimum atomic E-state index is -0.648. The van der Waals surface area contributed by atoms with E-state index in [1.165, 1.54) is 0 Å². The van der Waals surface area contributed by atoms with E-state index in [1.54, 1.807) is 38.1 Å². The minimum Gasteiger partial charge on any atom is -0.441 e. The summed E-state index contributed by atoms with van der Waals surface area (Å²) >= 11 is 6.20. The number of aromatic nitrogens is 1. The van der Waals surface area contributed by atoms with Gasteiger partial charge in [-0.1, -0.05) is 89.6 Å². The Labute approximate surface area is 202 Å². The van der Waals surface area contributed by atoms with Crippen LogP contribution < -0.4 is 5.32 Å². The summed E-state index contributed by atoms with van der Waals surface area (Å²) in [5.41, 5.74) is 3.91. The van der Waals surface area contributed by atoms with Gasteiger partial charge in [0.2, 0.25) is 0 Å². The third-order valence-corrected chi connectivity index (χ3v) is 5.74. The normalized spacial score (nSPS) is 11.6. The number of nitrogens with one attached hydrogen (secondary N) is 1. The second kappa shape index (κ2) is 10.4. The first-order valence-corrected chi connectivity index (χ1v) is 11.2. The number of carbonyl (C=O) groups is 2. The second-order valence-corrected chi connectivity index (χ2v) is 8.24. The van der Waals surface area contributed by atoms with Crippen molar-refractivity contribution in [2.45, 2.75) is 26.4 Å². The Morgan fingerprint density at radius 1 is 1.00 bits per heavy atom. The lowest BCUT2D eigenvalue weighted by Gasteiger charge is -2.15. The number of hydrogen-bond donors (Lipinski definition) is 1. The largest absolute Gasteiger partial charge is 0.441 e. The van der Waals surface area contributed by atoms with Gasteiger partial charge in [-0.05, 0) is 25.5 Å². The Morgan fingerprint density at radius 2 is 1.68 bits per heavy atom. The summed E-state index contributed by atoms with van der Waals surface area (Å²) in [5.74, 6) is 0.447. The summed E-state index contributed by atoms with van der Waals surface area (Å²) in [6.45, 7) is 3.48. The highest BCUT2D eigenvalue weighted by Gasteiger charge is 2.20. The number of benzene rings is 3. The molecule has 0 radical (unpaired) electrons. The number of ketones is 1. The number of nitrogens with zero attached hydrogens (tertiary/aromatic N) is 1. The molecule has 0 saturated carbocycles. The molecule has 172 valence electrons. The van der Waals surface area contributed by atoms with E-state index < -0.39 is 12.2 Å². The van der Waals surface area contributed by atoms with Gasteiger partial charge in [-0.15, -0.1) is 0 Å². The van der Waals surface area contributed by atoms with Gasteiger partial charge in [0.25, 0.3) is 0 Å². The van der Waals surface area contributed by atoms with E-state index in [0.717, 1.165) is 5.56 Å². The number of carbonyl (C=O) groups excluding carboxylic acids is 2. The fourth-order valence-electron chi connectivity index (χ4n) is 3.56. The Kier molecular flexibility index (Phi) is 7.09. The first-order chi connectivity index (χ1) is 16.4. The molecule has 4 rings (SSSR count). The van der Waals surface area contributed by atoms with E-state index in [1.807, 2.05) is 54.6 Å². The third kappa shape index (κ3) is 5.35. The zero-order valence-corrected chi connectivity index (χ0v) is 19.5. The van der Waals surface area contributed by atoms with Crippen molar-refractivity contribution in [3.8, 4) is 11.3 Å². The first-order valence-electron chi connectivity index (χ1n) is 10.8. The molecule has 0 aliphatic heterocycles. The van der Waals surface area contributed by atoms with Crippen LogP contribution in [-0.2, 0) is 11.2 Å². The average Bonchev–Trinajstić information content (AvgIpc) is 3.20. The van der Waals surface area contributed by atoms with Gasteiger partial charge in [0.1, 0.15) is 17.5 Å². The van der Waals surface area contributed by atoms with Crippen LogP contribution in [0.15, 0.2) is 83.4 Å². The van der Waals surface area contributed by atoms with Crippen molar-refractivity contribution >= 4 is 29.2 Å². The second-order valence-electron chi connectivity index (χ2n) is 7.83. The van der Waals surface area contributed by atoms with E-state index >= 15 is 0 Å². The van der Waals surface area contributed by atoms with E-state index in [2.05, 4.69) is 10.5 Å². The van der Waals surface area contributed by atoms with Gasteiger partial charge >= 0.3 is 6.09 Å². The first kappa shape index (κ1) is 23.3. The molecule has 1 aromatic heterocycles. The smallest absolute Gasteiger partial charge is 0.412 e. The van der Waals surface area contributed by atoms with Gasteiger partial charge in [-0.3, -0.25) is 10.1 Å². The van der Waals surface area contributed by atoms with Crippen molar-refractivity contribution < 1.29 is 18.8 Å². The molecule has 4 aromatic rings. The predicted molar refractivity (Wildman–Crippen MR) is 131 cm³/mol. The summed E-state index contributed by atoms with van der Waals surface area (Å²) < 4.78 is 11.0. The molecule has 0 spiro atoms. The number of ether oxygens (including phenoxy) is 1. The Morgan fingerprint density at radius 3 is 2.38 bits per heavy atom. The van der Waals surface area contributed by atoms with Crippen LogP contribution in [0.25, 0.3) is 11.3 Å². The molecule has 3 aromatic carbocycles. The molecule has 0 aliphatic rings. The van der Waals surface area contributed by atoms with E-state index in [4.69, 9.17) is 20.9 Å². The maximum Gasteiger partial charge on any atom is 0.412 e. The van der Waals surface area contributed by atoms with Crippen LogP contribution in [0, 0.1) is 6.92 Å². The highest BCUT2D eigenvalue weighted by Crippen LogP contribution is 2.32. The molecule has 0 fully saturated rings. The van der Waals surface area contributed by atoms with Gasteiger partial charge in [0.05, 0.1) is 0 Å². The van der Waals surface area contributed by atoms with Crippen LogP contribution in [0.5, 0.6) is 0 Å². The monoisotopic (exact) mass is 474 g/mol. The molecule has 0 bridgehead atoms. The third-order valence-electron chi connectivity index (χ3n) is 5.39. The Balaban J connectivity index is 1.45. The van der Waals surface area contributed by atoms with E-state index in [-0.39, 0.29) is 12.2 Å². The Bertz CT molecular complexity index is 1300. The molecular weight excluding hydrogens is 452 g/mol. The summed E-state index contributed by atoms with van der Waals surface area (Å²) in [5, 5.41) is 7.24. The van der Waals surface area contributed by atoms with Crippen LogP contribution >= 0.6 is 11.6 Å². The molecule has 0 aliphatic carbocycles. The molecule has 1 unspecified atom stereocenters. The summed E-state index contributed by atoms with van der Waals surface area (Å²) in [6, 6.07) is 23.7. The van der Waals surface area contributed by atoms with Crippen molar-refractivity contribution in [1.82, 2.24) is 5.16 Å². The number of hydrogen-bond acceptors (Lipinski definition) is 5. The maximum atomic E-state index is 12.6. The van der Waals surface area contributed by atoms with Crippen molar-refractivity contribution in [3.05, 3.63) is 106 Å². The lowest BCUT2D eigenvalue weighted by Crippen LogP contribution is -2.17. The number of amides is 1. The molecule has 1 N–H and O–H groups in total. The fraction of sp³-hybridized carbons (Fsp3) is 0.148. The molecule has 1 amide bonds. The van der Waals surface area contributed by atoms with Crippen molar-refractivity contribution in [3.63, 3.8) is 0 Å². The quantitative estimate of drug-likeness (QED) is 0.290. The Hall–Kier alpha value is -3.90. The topological polar surface area (TPSA) is 81.4 Å². The van der Waals surface area contributed by atoms with Crippen molar-refractivity contribution in [2.75, 3.05) is 5.32 Å². The molecule has 1 atom stereocenters. The summed E-state index contributed by atoms with van der Waals surface area (Å²) in [7, 11) is 0. The standard InChI is InChI=1S/C27H23ClN2O4/c1-17-25(29-27(32)33-18(2)22-10-6-7-11-23(22)28)26(34-30-17)21-14-12-19(13-15-21)16-24(31)20-8-4-3-5-9-20/h3-15,18H,16H2,1-2H3,(H,29,32). The summed E-state index contributed by atoms with van der Waals surface area (Å²) in [4.78, 5) is 25.0. The van der Waals surface area contributed by atoms with Gasteiger partial charge in [-0.2, -0.15) is 0 Å². The summed E-state index contributed by atoms with van der Waals surface area (Å²) in [6.07, 6.45) is -0.902. The fourth-order valence-corrected chi connectivity index (χ4v) is 3.85. The van der Waals surface area contributed by atoms with Crippen LogP contribution in [-0.4, -0.2) is 17.0 Å². The highest BCUT2D eigenvalue weighted by molar-refractivity contribution is 6.31.